The molecule has 0 amide bonds. The minimum absolute atomic E-state index is 0.0838. The topological polar surface area (TPSA) is 269 Å². The van der Waals surface area contributed by atoms with Crippen LogP contribution >= 0.6 is 0 Å². The van der Waals surface area contributed by atoms with Gasteiger partial charge in [0.1, 0.15) is 59.6 Å². The van der Waals surface area contributed by atoms with Crippen LogP contribution in [0.5, 0.6) is 28.7 Å². The maximum absolute atomic E-state index is 13.3. The molecule has 16 nitrogen and oxygen atoms in total. The fourth-order valence-electron chi connectivity index (χ4n) is 4.81. The molecule has 2 fully saturated rings. The van der Waals surface area contributed by atoms with E-state index < -0.39 is 107 Å². The van der Waals surface area contributed by atoms with Crippen LogP contribution in [0.2, 0.25) is 0 Å². The van der Waals surface area contributed by atoms with Crippen LogP contribution in [-0.2, 0) is 9.47 Å². The second-order valence-corrected chi connectivity index (χ2v) is 10.2. The molecule has 10 atom stereocenters. The summed E-state index contributed by atoms with van der Waals surface area (Å²) in [7, 11) is 0. The number of hydrogen-bond donors (Lipinski definition) is 10. The predicted molar refractivity (Wildman–Crippen MR) is 140 cm³/mol. The van der Waals surface area contributed by atoms with Crippen molar-refractivity contribution in [3.8, 4) is 40.1 Å². The molecule has 43 heavy (non-hydrogen) atoms. The van der Waals surface area contributed by atoms with Gasteiger partial charge in [-0.1, -0.05) is 0 Å². The molecule has 2 aromatic carbocycles. The van der Waals surface area contributed by atoms with Crippen LogP contribution in [-0.4, -0.2) is 119 Å². The molecule has 3 aromatic rings. The monoisotopic (exact) mass is 610 g/mol. The number of fused-ring (bicyclic) bond motifs is 1. The van der Waals surface area contributed by atoms with Crippen LogP contribution in [0, 0.1) is 0 Å². The third kappa shape index (κ3) is 5.44. The predicted octanol–water partition coefficient (Wildman–Crippen LogP) is -2.04. The molecule has 234 valence electrons. The standard InChI is InChI=1S/C27H30O16/c1-8-15(31)18(34)20(36)26(39-8)43-25-22(38)24(42-27-21(37)19(35)16(32)13(7-28)41-27)17(33)14-11(30)6-12(40-23(14)25)9-2-4-10(29)5-3-9/h2-6,8,13,15-16,18-21,26-29,31-38H,7H2,1H3/t8-,13-,15-,16+,18+,19+,20+,21-,26-,27+/m1/s1. The summed E-state index contributed by atoms with van der Waals surface area (Å²) in [6.45, 7) is 0.545. The molecule has 10 N–H and O–H groups in total. The van der Waals surface area contributed by atoms with Crippen LogP contribution in [0.3, 0.4) is 0 Å². The van der Waals surface area contributed by atoms with Crippen LogP contribution in [0.1, 0.15) is 6.92 Å². The Hall–Kier alpha value is -3.71. The van der Waals surface area contributed by atoms with Gasteiger partial charge in [0.05, 0.1) is 12.7 Å². The molecular formula is C27H30O16. The maximum atomic E-state index is 13.3. The Morgan fingerprint density at radius 3 is 1.95 bits per heavy atom. The molecule has 0 saturated carbocycles. The number of hydrogen-bond acceptors (Lipinski definition) is 16. The molecule has 0 aliphatic carbocycles. The van der Waals surface area contributed by atoms with Crippen LogP contribution in [0.25, 0.3) is 22.3 Å². The second-order valence-electron chi connectivity index (χ2n) is 10.2. The van der Waals surface area contributed by atoms with Gasteiger partial charge >= 0.3 is 0 Å². The molecule has 0 unspecified atom stereocenters. The SMILES string of the molecule is C[C@H]1O[C@H](Oc2c(O)c(O[C@@H]3O[C@H](CO)[C@H](O)[C@H](O)[C@H]3O)c(O)c3c(=O)cc(-c4ccc(O)cc4)oc23)[C@@H](O)[C@@H](O)[C@@H]1O. The highest BCUT2D eigenvalue weighted by atomic mass is 16.7. The van der Waals surface area contributed by atoms with Gasteiger partial charge < -0.3 is 74.4 Å². The highest BCUT2D eigenvalue weighted by molar-refractivity contribution is 5.95. The van der Waals surface area contributed by atoms with Crippen molar-refractivity contribution < 1.29 is 74.4 Å². The lowest BCUT2D eigenvalue weighted by Crippen LogP contribution is -2.60. The molecular weight excluding hydrogens is 580 g/mol. The van der Waals surface area contributed by atoms with Gasteiger partial charge in [-0.05, 0) is 31.2 Å². The maximum Gasteiger partial charge on any atom is 0.229 e. The van der Waals surface area contributed by atoms with Gasteiger partial charge in [-0.15, -0.1) is 0 Å². The van der Waals surface area contributed by atoms with Crippen molar-refractivity contribution in [3.63, 3.8) is 0 Å². The molecule has 1 aromatic heterocycles. The van der Waals surface area contributed by atoms with Gasteiger partial charge in [0.15, 0.2) is 16.8 Å². The summed E-state index contributed by atoms with van der Waals surface area (Å²) in [6.07, 6.45) is -17.0. The number of phenols is 3. The first-order chi connectivity index (χ1) is 20.3. The largest absolute Gasteiger partial charge is 0.508 e. The zero-order valence-corrected chi connectivity index (χ0v) is 22.3. The van der Waals surface area contributed by atoms with Crippen LogP contribution < -0.4 is 14.9 Å². The van der Waals surface area contributed by atoms with Crippen molar-refractivity contribution in [2.75, 3.05) is 6.61 Å². The summed E-state index contributed by atoms with van der Waals surface area (Å²) in [5, 5.41) is 102. The molecule has 2 aliphatic rings. The van der Waals surface area contributed by atoms with Crippen molar-refractivity contribution in [1.82, 2.24) is 0 Å². The molecule has 5 rings (SSSR count). The van der Waals surface area contributed by atoms with Gasteiger partial charge in [-0.2, -0.15) is 0 Å². The van der Waals surface area contributed by atoms with E-state index in [-0.39, 0.29) is 17.1 Å². The third-order valence-corrected chi connectivity index (χ3v) is 7.31. The van der Waals surface area contributed by atoms with E-state index in [2.05, 4.69) is 0 Å². The summed E-state index contributed by atoms with van der Waals surface area (Å²) in [4.78, 5) is 13.3. The number of ether oxygens (including phenoxy) is 4. The smallest absolute Gasteiger partial charge is 0.229 e. The number of aromatic hydroxyl groups is 3. The van der Waals surface area contributed by atoms with Crippen molar-refractivity contribution >= 4 is 11.0 Å². The highest BCUT2D eigenvalue weighted by Crippen LogP contribution is 2.51. The summed E-state index contributed by atoms with van der Waals surface area (Å²) >= 11 is 0. The number of aliphatic hydroxyl groups is 7. The first-order valence-corrected chi connectivity index (χ1v) is 13.0. The van der Waals surface area contributed by atoms with Crippen LogP contribution in [0.4, 0.5) is 0 Å². The Morgan fingerprint density at radius 1 is 0.744 bits per heavy atom. The van der Waals surface area contributed by atoms with Crippen molar-refractivity contribution in [1.29, 1.82) is 0 Å². The van der Waals surface area contributed by atoms with Crippen molar-refractivity contribution in [3.05, 3.63) is 40.6 Å². The summed E-state index contributed by atoms with van der Waals surface area (Å²) in [6, 6.07) is 6.40. The van der Waals surface area contributed by atoms with Gasteiger partial charge in [0.2, 0.25) is 29.8 Å². The Bertz CT molecular complexity index is 1520. The molecule has 0 bridgehead atoms. The average Bonchev–Trinajstić information content (AvgIpc) is 2.98. The van der Waals surface area contributed by atoms with E-state index in [1.165, 1.54) is 31.2 Å². The van der Waals surface area contributed by atoms with E-state index in [1.54, 1.807) is 0 Å². The lowest BCUT2D eigenvalue weighted by Gasteiger charge is -2.40. The molecule has 2 saturated heterocycles. The van der Waals surface area contributed by atoms with Gasteiger partial charge in [0.25, 0.3) is 0 Å². The third-order valence-electron chi connectivity index (χ3n) is 7.31. The van der Waals surface area contributed by atoms with E-state index in [0.717, 1.165) is 6.07 Å². The number of aliphatic hydroxyl groups excluding tert-OH is 7. The number of phenolic OH excluding ortho intramolecular Hbond substituents is 3. The minimum Gasteiger partial charge on any atom is -0.508 e. The quantitative estimate of drug-likeness (QED) is 0.144. The zero-order chi connectivity index (χ0) is 31.3. The lowest BCUT2D eigenvalue weighted by atomic mass is 9.99. The fraction of sp³-hybridized carbons (Fsp3) is 0.444. The van der Waals surface area contributed by atoms with E-state index in [0.29, 0.717) is 0 Å². The van der Waals surface area contributed by atoms with Gasteiger partial charge in [0, 0.05) is 11.6 Å². The fourth-order valence-corrected chi connectivity index (χ4v) is 4.81. The molecule has 3 heterocycles. The Morgan fingerprint density at radius 2 is 1.33 bits per heavy atom. The lowest BCUT2D eigenvalue weighted by molar-refractivity contribution is -0.278. The minimum atomic E-state index is -1.98. The van der Waals surface area contributed by atoms with Crippen molar-refractivity contribution in [2.24, 2.45) is 0 Å². The van der Waals surface area contributed by atoms with Gasteiger partial charge in [-0.3, -0.25) is 4.79 Å². The molecule has 0 radical (unpaired) electrons. The average molecular weight is 611 g/mol. The van der Waals surface area contributed by atoms with E-state index in [4.69, 9.17) is 23.4 Å². The summed E-state index contributed by atoms with van der Waals surface area (Å²) < 4.78 is 27.7. The van der Waals surface area contributed by atoms with E-state index in [9.17, 15) is 55.9 Å². The molecule has 0 spiro atoms. The van der Waals surface area contributed by atoms with E-state index >= 15 is 0 Å². The zero-order valence-electron chi connectivity index (χ0n) is 22.3. The summed E-state index contributed by atoms with van der Waals surface area (Å²) in [5.41, 5.74) is -1.21. The van der Waals surface area contributed by atoms with Crippen LogP contribution in [0.15, 0.2) is 39.5 Å². The van der Waals surface area contributed by atoms with Crippen molar-refractivity contribution in [2.45, 2.75) is 68.3 Å². The van der Waals surface area contributed by atoms with Gasteiger partial charge in [-0.25, -0.2) is 0 Å². The first kappa shape index (κ1) is 30.7. The Kier molecular flexibility index (Phi) is 8.41. The second kappa shape index (κ2) is 11.8. The number of rotatable bonds is 6. The highest BCUT2D eigenvalue weighted by Gasteiger charge is 2.47. The first-order valence-electron chi connectivity index (χ1n) is 13.0. The molecule has 16 heteroatoms. The Labute approximate surface area is 241 Å². The normalized spacial score (nSPS) is 32.9. The van der Waals surface area contributed by atoms with E-state index in [1.807, 2.05) is 0 Å². The Balaban J connectivity index is 1.67. The summed E-state index contributed by atoms with van der Waals surface area (Å²) in [5.74, 6) is -4.01. The molecule has 2 aliphatic heterocycles. The number of benzene rings is 2.